The van der Waals surface area contributed by atoms with Gasteiger partial charge in [0.2, 0.25) is 5.91 Å². The molecular formula is C26H31FN4O5. The largest absolute Gasteiger partial charge is 0.490 e. The molecule has 3 N–H and O–H groups in total. The molecule has 2 aliphatic heterocycles. The minimum atomic E-state index is -0.637. The first kappa shape index (κ1) is 25.4. The lowest BCUT2D eigenvalue weighted by molar-refractivity contribution is -0.134. The lowest BCUT2D eigenvalue weighted by Crippen LogP contribution is -2.54. The monoisotopic (exact) mass is 498 g/mol. The van der Waals surface area contributed by atoms with E-state index in [1.54, 1.807) is 36.2 Å². The predicted molar refractivity (Wildman–Crippen MR) is 133 cm³/mol. The second-order valence-electron chi connectivity index (χ2n) is 8.99. The van der Waals surface area contributed by atoms with E-state index in [4.69, 9.17) is 9.47 Å². The van der Waals surface area contributed by atoms with Crippen LogP contribution in [0.3, 0.4) is 0 Å². The molecule has 0 saturated carbocycles. The highest BCUT2D eigenvalue weighted by Gasteiger charge is 2.39. The molecule has 36 heavy (non-hydrogen) atoms. The van der Waals surface area contributed by atoms with Crippen molar-refractivity contribution in [3.05, 3.63) is 53.8 Å². The van der Waals surface area contributed by atoms with Crippen LogP contribution < -0.4 is 20.7 Å². The number of urea groups is 1. The first-order valence-electron chi connectivity index (χ1n) is 12.1. The Morgan fingerprint density at radius 2 is 1.94 bits per heavy atom. The molecule has 3 atom stereocenters. The number of benzene rings is 2. The zero-order valence-corrected chi connectivity index (χ0v) is 20.4. The molecule has 0 aliphatic carbocycles. The van der Waals surface area contributed by atoms with Crippen LogP contribution in [0.4, 0.5) is 20.6 Å². The summed E-state index contributed by atoms with van der Waals surface area (Å²) in [5.74, 6) is -0.484. The molecule has 0 unspecified atom stereocenters. The van der Waals surface area contributed by atoms with Gasteiger partial charge >= 0.3 is 6.03 Å². The van der Waals surface area contributed by atoms with E-state index in [0.717, 1.165) is 6.42 Å². The summed E-state index contributed by atoms with van der Waals surface area (Å²) in [6.45, 7) is 2.86. The van der Waals surface area contributed by atoms with E-state index in [-0.39, 0.29) is 48.8 Å². The highest BCUT2D eigenvalue weighted by atomic mass is 19.1. The highest BCUT2D eigenvalue weighted by Crippen LogP contribution is 2.32. The first-order valence-corrected chi connectivity index (χ1v) is 12.1. The molecular weight excluding hydrogens is 467 g/mol. The number of likely N-dealkylation sites (N-methyl/N-ethyl adjacent to an activating group) is 1. The average molecular weight is 499 g/mol. The maximum absolute atomic E-state index is 13.8. The van der Waals surface area contributed by atoms with Crippen molar-refractivity contribution < 1.29 is 28.2 Å². The van der Waals surface area contributed by atoms with E-state index in [0.29, 0.717) is 36.4 Å². The quantitative estimate of drug-likeness (QED) is 0.562. The molecule has 9 nitrogen and oxygen atoms in total. The maximum Gasteiger partial charge on any atom is 0.323 e. The zero-order chi connectivity index (χ0) is 25.7. The van der Waals surface area contributed by atoms with Crippen molar-refractivity contribution in [3.63, 3.8) is 0 Å². The van der Waals surface area contributed by atoms with Crippen molar-refractivity contribution in [2.75, 3.05) is 30.8 Å². The van der Waals surface area contributed by atoms with Gasteiger partial charge in [0.15, 0.2) is 0 Å². The Morgan fingerprint density at radius 3 is 2.72 bits per heavy atom. The number of halogens is 1. The second kappa shape index (κ2) is 11.4. The van der Waals surface area contributed by atoms with Crippen LogP contribution in [0.25, 0.3) is 0 Å². The van der Waals surface area contributed by atoms with Crippen LogP contribution in [0.1, 0.15) is 43.0 Å². The second-order valence-corrected chi connectivity index (χ2v) is 8.99. The lowest BCUT2D eigenvalue weighted by atomic mass is 9.94. The number of anilines is 2. The minimum absolute atomic E-state index is 0.0408. The molecule has 4 rings (SSSR count). The number of hydrogen-bond donors (Lipinski definition) is 3. The van der Waals surface area contributed by atoms with Gasteiger partial charge in [0.25, 0.3) is 5.91 Å². The van der Waals surface area contributed by atoms with Gasteiger partial charge in [-0.25, -0.2) is 9.18 Å². The van der Waals surface area contributed by atoms with Crippen LogP contribution in [0, 0.1) is 5.82 Å². The Bertz CT molecular complexity index is 1130. The van der Waals surface area contributed by atoms with Crippen LogP contribution in [0.5, 0.6) is 5.75 Å². The van der Waals surface area contributed by atoms with E-state index >= 15 is 0 Å². The van der Waals surface area contributed by atoms with Crippen LogP contribution >= 0.6 is 0 Å². The molecule has 2 aromatic rings. The van der Waals surface area contributed by atoms with E-state index in [1.165, 1.54) is 18.2 Å². The fraction of sp³-hybridized carbons (Fsp3) is 0.423. The number of para-hydroxylation sites is 1. The molecule has 0 spiro atoms. The van der Waals surface area contributed by atoms with Gasteiger partial charge in [0.1, 0.15) is 24.3 Å². The normalized spacial score (nSPS) is 21.2. The van der Waals surface area contributed by atoms with E-state index < -0.39 is 11.8 Å². The molecule has 2 aliphatic rings. The fourth-order valence-corrected chi connectivity index (χ4v) is 4.50. The molecule has 4 amide bonds. The fourth-order valence-electron chi connectivity index (χ4n) is 4.50. The first-order chi connectivity index (χ1) is 17.4. The number of carbonyl (C=O) groups excluding carboxylic acids is 3. The third-order valence-electron chi connectivity index (χ3n) is 6.38. The zero-order valence-electron chi connectivity index (χ0n) is 20.4. The maximum atomic E-state index is 13.8. The summed E-state index contributed by atoms with van der Waals surface area (Å²) in [5, 5.41) is 7.95. The number of nitrogens with one attached hydrogen (secondary N) is 3. The smallest absolute Gasteiger partial charge is 0.323 e. The number of carbonyl (C=O) groups is 3. The van der Waals surface area contributed by atoms with Crippen molar-refractivity contribution in [1.29, 1.82) is 0 Å². The van der Waals surface area contributed by atoms with Gasteiger partial charge in [0, 0.05) is 19.3 Å². The van der Waals surface area contributed by atoms with Gasteiger partial charge in [-0.15, -0.1) is 0 Å². The molecule has 0 bridgehead atoms. The van der Waals surface area contributed by atoms with Crippen LogP contribution in [-0.2, 0) is 9.53 Å². The molecule has 2 heterocycles. The molecule has 0 aromatic heterocycles. The van der Waals surface area contributed by atoms with Gasteiger partial charge in [-0.1, -0.05) is 19.1 Å². The van der Waals surface area contributed by atoms with Crippen LogP contribution in [0.2, 0.25) is 0 Å². The van der Waals surface area contributed by atoms with Gasteiger partial charge in [-0.2, -0.15) is 0 Å². The molecule has 1 fully saturated rings. The average Bonchev–Trinajstić information content (AvgIpc) is 2.86. The number of fused-ring (bicyclic) bond motifs is 2. The number of rotatable bonds is 6. The number of nitrogens with zero attached hydrogens (tertiary/aromatic N) is 1. The SMILES string of the molecule is CCCNC(=O)C[C@H]1CC[C@@H]2[C@H](COc3ccc(NC(=O)Nc4ccccc4F)cc3C(=O)N2C)O1. The van der Waals surface area contributed by atoms with Gasteiger partial charge in [-0.05, 0) is 49.6 Å². The van der Waals surface area contributed by atoms with E-state index in [9.17, 15) is 18.8 Å². The Balaban J connectivity index is 1.43. The van der Waals surface area contributed by atoms with Crippen molar-refractivity contribution in [2.45, 2.75) is 50.9 Å². The summed E-state index contributed by atoms with van der Waals surface area (Å²) in [5.41, 5.74) is 0.716. The molecule has 2 aromatic carbocycles. The summed E-state index contributed by atoms with van der Waals surface area (Å²) in [4.78, 5) is 39.5. The summed E-state index contributed by atoms with van der Waals surface area (Å²) in [6.07, 6.45) is 1.89. The standard InChI is InChI=1S/C26H31FN4O5/c1-3-12-28-24(32)14-17-9-10-21-23(36-17)15-35-22-11-8-16(13-18(22)25(33)31(21)2)29-26(34)30-20-7-5-4-6-19(20)27/h4-8,11,13,17,21,23H,3,9-10,12,14-15H2,1-2H3,(H,28,32)(H2,29,30,34)/t17-,21-,23+/m1/s1. The van der Waals surface area contributed by atoms with Crippen LogP contribution in [0.15, 0.2) is 42.5 Å². The molecule has 0 radical (unpaired) electrons. The van der Waals surface area contributed by atoms with E-state index in [2.05, 4.69) is 16.0 Å². The minimum Gasteiger partial charge on any atom is -0.490 e. The Labute approximate surface area is 209 Å². The molecule has 192 valence electrons. The lowest BCUT2D eigenvalue weighted by Gasteiger charge is -2.42. The summed E-state index contributed by atoms with van der Waals surface area (Å²) >= 11 is 0. The van der Waals surface area contributed by atoms with Gasteiger partial charge in [-0.3, -0.25) is 9.59 Å². The third-order valence-corrected chi connectivity index (χ3v) is 6.38. The number of amides is 4. The topological polar surface area (TPSA) is 109 Å². The van der Waals surface area contributed by atoms with Crippen LogP contribution in [-0.4, -0.2) is 61.2 Å². The number of hydrogen-bond acceptors (Lipinski definition) is 5. The predicted octanol–water partition coefficient (Wildman–Crippen LogP) is 3.77. The molecule has 10 heteroatoms. The number of ether oxygens (including phenoxy) is 2. The highest BCUT2D eigenvalue weighted by molar-refractivity contribution is 6.02. The third kappa shape index (κ3) is 5.93. The van der Waals surface area contributed by atoms with Crippen molar-refractivity contribution in [2.24, 2.45) is 0 Å². The Morgan fingerprint density at radius 1 is 1.14 bits per heavy atom. The Kier molecular flexibility index (Phi) is 8.04. The van der Waals surface area contributed by atoms with Crippen molar-refractivity contribution in [3.8, 4) is 5.75 Å². The Hall–Kier alpha value is -3.66. The van der Waals surface area contributed by atoms with Crippen molar-refractivity contribution >= 4 is 29.2 Å². The summed E-state index contributed by atoms with van der Waals surface area (Å²) in [7, 11) is 1.72. The van der Waals surface area contributed by atoms with Gasteiger partial charge < -0.3 is 30.3 Å². The van der Waals surface area contributed by atoms with E-state index in [1.807, 2.05) is 6.92 Å². The summed E-state index contributed by atoms with van der Waals surface area (Å²) in [6, 6.07) is 9.76. The van der Waals surface area contributed by atoms with Gasteiger partial charge in [0.05, 0.1) is 29.8 Å². The summed E-state index contributed by atoms with van der Waals surface area (Å²) < 4.78 is 26.0. The van der Waals surface area contributed by atoms with Crippen molar-refractivity contribution in [1.82, 2.24) is 10.2 Å². The molecule has 1 saturated heterocycles.